The zero-order valence-electron chi connectivity index (χ0n) is 11.7. The molecule has 0 radical (unpaired) electrons. The molecule has 102 valence electrons. The molecule has 0 saturated heterocycles. The van der Waals surface area contributed by atoms with Crippen LogP contribution in [0.2, 0.25) is 0 Å². The fraction of sp³-hybridized carbons (Fsp3) is 1.00. The van der Waals surface area contributed by atoms with Crippen molar-refractivity contribution in [1.82, 2.24) is 4.90 Å². The first-order chi connectivity index (χ1) is 8.29. The standard InChI is InChI=1S/C14H30N2O/c1-13(9-12-17-2)16(11-6-10-15)14-7-4-3-5-8-14/h13-14H,3-12,15H2,1-2H3. The number of nitrogens with zero attached hydrogens (tertiary/aromatic N) is 1. The fourth-order valence-corrected chi connectivity index (χ4v) is 2.90. The van der Waals surface area contributed by atoms with Crippen LogP contribution in [0.4, 0.5) is 0 Å². The van der Waals surface area contributed by atoms with Gasteiger partial charge in [-0.1, -0.05) is 19.3 Å². The maximum absolute atomic E-state index is 5.66. The summed E-state index contributed by atoms with van der Waals surface area (Å²) >= 11 is 0. The SMILES string of the molecule is COCCC(C)N(CCCN)C1CCCCC1. The Kier molecular flexibility index (Phi) is 7.82. The van der Waals surface area contributed by atoms with Crippen molar-refractivity contribution in [2.45, 2.75) is 64.0 Å². The van der Waals surface area contributed by atoms with E-state index in [-0.39, 0.29) is 0 Å². The van der Waals surface area contributed by atoms with Crippen molar-refractivity contribution in [2.75, 3.05) is 26.8 Å². The summed E-state index contributed by atoms with van der Waals surface area (Å²) in [5.74, 6) is 0. The molecule has 17 heavy (non-hydrogen) atoms. The first-order valence-corrected chi connectivity index (χ1v) is 7.24. The molecule has 1 unspecified atom stereocenters. The fourth-order valence-electron chi connectivity index (χ4n) is 2.90. The van der Waals surface area contributed by atoms with Crippen LogP contribution in [0.1, 0.15) is 51.9 Å². The summed E-state index contributed by atoms with van der Waals surface area (Å²) in [6.45, 7) is 5.17. The van der Waals surface area contributed by atoms with E-state index >= 15 is 0 Å². The van der Waals surface area contributed by atoms with E-state index in [4.69, 9.17) is 10.5 Å². The summed E-state index contributed by atoms with van der Waals surface area (Å²) in [5.41, 5.74) is 5.66. The van der Waals surface area contributed by atoms with Gasteiger partial charge in [-0.3, -0.25) is 4.90 Å². The van der Waals surface area contributed by atoms with Crippen molar-refractivity contribution in [3.05, 3.63) is 0 Å². The molecule has 0 aromatic heterocycles. The van der Waals surface area contributed by atoms with Gasteiger partial charge in [-0.05, 0) is 45.7 Å². The molecule has 1 fully saturated rings. The van der Waals surface area contributed by atoms with Crippen LogP contribution in [0.5, 0.6) is 0 Å². The number of rotatable bonds is 8. The monoisotopic (exact) mass is 242 g/mol. The molecule has 3 heteroatoms. The predicted octanol–water partition coefficient (Wildman–Crippen LogP) is 2.39. The molecule has 1 aliphatic carbocycles. The van der Waals surface area contributed by atoms with Gasteiger partial charge in [0, 0.05) is 25.8 Å². The molecule has 1 rings (SSSR count). The Balaban J connectivity index is 2.44. The maximum Gasteiger partial charge on any atom is 0.0477 e. The number of ether oxygens (including phenoxy) is 1. The second-order valence-electron chi connectivity index (χ2n) is 5.30. The Bertz CT molecular complexity index is 181. The second-order valence-corrected chi connectivity index (χ2v) is 5.30. The molecule has 0 heterocycles. The summed E-state index contributed by atoms with van der Waals surface area (Å²) in [7, 11) is 1.79. The van der Waals surface area contributed by atoms with Crippen LogP contribution in [0, 0.1) is 0 Å². The molecule has 1 atom stereocenters. The molecule has 0 amide bonds. The van der Waals surface area contributed by atoms with Gasteiger partial charge in [0.25, 0.3) is 0 Å². The highest BCUT2D eigenvalue weighted by molar-refractivity contribution is 4.80. The smallest absolute Gasteiger partial charge is 0.0477 e. The van der Waals surface area contributed by atoms with E-state index in [9.17, 15) is 0 Å². The van der Waals surface area contributed by atoms with Crippen molar-refractivity contribution < 1.29 is 4.74 Å². The molecule has 1 aliphatic rings. The number of hydrogen-bond donors (Lipinski definition) is 1. The van der Waals surface area contributed by atoms with Crippen LogP contribution >= 0.6 is 0 Å². The second kappa shape index (κ2) is 8.90. The lowest BCUT2D eigenvalue weighted by atomic mass is 9.92. The molecular weight excluding hydrogens is 212 g/mol. The minimum absolute atomic E-state index is 0.629. The van der Waals surface area contributed by atoms with E-state index < -0.39 is 0 Å². The van der Waals surface area contributed by atoms with Crippen LogP contribution in [-0.4, -0.2) is 43.8 Å². The summed E-state index contributed by atoms with van der Waals surface area (Å²) in [4.78, 5) is 2.69. The first kappa shape index (κ1) is 14.9. The van der Waals surface area contributed by atoms with Crippen molar-refractivity contribution in [1.29, 1.82) is 0 Å². The highest BCUT2D eigenvalue weighted by Gasteiger charge is 2.24. The first-order valence-electron chi connectivity index (χ1n) is 7.24. The Morgan fingerprint density at radius 2 is 2.00 bits per heavy atom. The summed E-state index contributed by atoms with van der Waals surface area (Å²) in [6.07, 6.45) is 9.24. The third kappa shape index (κ3) is 5.36. The zero-order valence-corrected chi connectivity index (χ0v) is 11.7. The minimum Gasteiger partial charge on any atom is -0.385 e. The van der Waals surface area contributed by atoms with Crippen molar-refractivity contribution >= 4 is 0 Å². The lowest BCUT2D eigenvalue weighted by molar-refractivity contribution is 0.0847. The molecular formula is C14H30N2O. The van der Waals surface area contributed by atoms with Crippen LogP contribution in [0.3, 0.4) is 0 Å². The van der Waals surface area contributed by atoms with Gasteiger partial charge in [-0.15, -0.1) is 0 Å². The van der Waals surface area contributed by atoms with E-state index in [0.29, 0.717) is 6.04 Å². The molecule has 0 bridgehead atoms. The number of hydrogen-bond acceptors (Lipinski definition) is 3. The van der Waals surface area contributed by atoms with Gasteiger partial charge in [0.05, 0.1) is 0 Å². The van der Waals surface area contributed by atoms with Gasteiger partial charge >= 0.3 is 0 Å². The van der Waals surface area contributed by atoms with E-state index in [1.54, 1.807) is 7.11 Å². The largest absolute Gasteiger partial charge is 0.385 e. The highest BCUT2D eigenvalue weighted by Crippen LogP contribution is 2.25. The van der Waals surface area contributed by atoms with Gasteiger partial charge in [-0.2, -0.15) is 0 Å². The maximum atomic E-state index is 5.66. The molecule has 0 aromatic carbocycles. The van der Waals surface area contributed by atoms with Crippen molar-refractivity contribution in [2.24, 2.45) is 5.73 Å². The topological polar surface area (TPSA) is 38.5 Å². The number of nitrogens with two attached hydrogens (primary N) is 1. The van der Waals surface area contributed by atoms with Crippen LogP contribution in [-0.2, 0) is 4.74 Å². The van der Waals surface area contributed by atoms with Crippen molar-refractivity contribution in [3.8, 4) is 0 Å². The zero-order chi connectivity index (χ0) is 12.5. The van der Waals surface area contributed by atoms with Gasteiger partial charge in [0.15, 0.2) is 0 Å². The molecule has 2 N–H and O–H groups in total. The van der Waals surface area contributed by atoms with E-state index in [2.05, 4.69) is 11.8 Å². The highest BCUT2D eigenvalue weighted by atomic mass is 16.5. The van der Waals surface area contributed by atoms with Crippen molar-refractivity contribution in [3.63, 3.8) is 0 Å². The Morgan fingerprint density at radius 1 is 1.29 bits per heavy atom. The lowest BCUT2D eigenvalue weighted by Crippen LogP contribution is -2.44. The van der Waals surface area contributed by atoms with Gasteiger partial charge < -0.3 is 10.5 Å². The minimum atomic E-state index is 0.629. The molecule has 0 aliphatic heterocycles. The average Bonchev–Trinajstić information content (AvgIpc) is 2.38. The van der Waals surface area contributed by atoms with Crippen LogP contribution in [0.15, 0.2) is 0 Å². The van der Waals surface area contributed by atoms with Crippen LogP contribution < -0.4 is 5.73 Å². The lowest BCUT2D eigenvalue weighted by Gasteiger charge is -2.38. The third-order valence-corrected chi connectivity index (χ3v) is 3.97. The van der Waals surface area contributed by atoms with Gasteiger partial charge in [0.2, 0.25) is 0 Å². The Morgan fingerprint density at radius 3 is 2.59 bits per heavy atom. The van der Waals surface area contributed by atoms with Gasteiger partial charge in [0.1, 0.15) is 0 Å². The summed E-state index contributed by atoms with van der Waals surface area (Å²) < 4.78 is 5.20. The summed E-state index contributed by atoms with van der Waals surface area (Å²) in [5, 5.41) is 0. The van der Waals surface area contributed by atoms with E-state index in [1.165, 1.54) is 32.1 Å². The Hall–Kier alpha value is -0.120. The number of methoxy groups -OCH3 is 1. The molecule has 3 nitrogen and oxygen atoms in total. The third-order valence-electron chi connectivity index (χ3n) is 3.97. The van der Waals surface area contributed by atoms with Gasteiger partial charge in [-0.25, -0.2) is 0 Å². The van der Waals surface area contributed by atoms with E-state index in [1.807, 2.05) is 0 Å². The quantitative estimate of drug-likeness (QED) is 0.710. The molecule has 1 saturated carbocycles. The van der Waals surface area contributed by atoms with Crippen LogP contribution in [0.25, 0.3) is 0 Å². The summed E-state index contributed by atoms with van der Waals surface area (Å²) in [6, 6.07) is 1.42. The molecule has 0 aromatic rings. The normalized spacial score (nSPS) is 19.8. The molecule has 0 spiro atoms. The van der Waals surface area contributed by atoms with E-state index in [0.717, 1.165) is 38.6 Å². The predicted molar refractivity (Wildman–Crippen MR) is 73.2 cm³/mol. The average molecular weight is 242 g/mol. The Labute approximate surface area is 107 Å².